The van der Waals surface area contributed by atoms with Crippen molar-refractivity contribution < 1.29 is 4.39 Å². The van der Waals surface area contributed by atoms with Gasteiger partial charge in [-0.15, -0.1) is 0 Å². The zero-order chi connectivity index (χ0) is 18.6. The average Bonchev–Trinajstić information content (AvgIpc) is 2.66. The molecule has 0 aliphatic heterocycles. The van der Waals surface area contributed by atoms with Crippen LogP contribution in [0.5, 0.6) is 0 Å². The third-order valence-corrected chi connectivity index (χ3v) is 4.14. The van der Waals surface area contributed by atoms with Crippen molar-refractivity contribution in [1.82, 2.24) is 0 Å². The molecule has 0 aliphatic rings. The van der Waals surface area contributed by atoms with Crippen LogP contribution in [0.2, 0.25) is 0 Å². The van der Waals surface area contributed by atoms with Crippen LogP contribution in [0.25, 0.3) is 0 Å². The Bertz CT molecular complexity index is 786. The van der Waals surface area contributed by atoms with E-state index in [1.165, 1.54) is 56.0 Å². The van der Waals surface area contributed by atoms with Crippen LogP contribution in [0.15, 0.2) is 52.7 Å². The molecule has 0 saturated carbocycles. The van der Waals surface area contributed by atoms with Crippen molar-refractivity contribution in [2.45, 2.75) is 45.4 Å². The maximum atomic E-state index is 13.5. The first kappa shape index (κ1) is 19.5. The first-order valence-corrected chi connectivity index (χ1v) is 9.08. The molecule has 0 heterocycles. The van der Waals surface area contributed by atoms with Crippen LogP contribution in [-0.2, 0) is 6.42 Å². The van der Waals surface area contributed by atoms with Gasteiger partial charge in [-0.2, -0.15) is 15.5 Å². The number of rotatable bonds is 9. The van der Waals surface area contributed by atoms with Gasteiger partial charge in [0.25, 0.3) is 0 Å². The molecule has 0 atom stereocenters. The monoisotopic (exact) mass is 349 g/mol. The third-order valence-electron chi connectivity index (χ3n) is 4.14. The summed E-state index contributed by atoms with van der Waals surface area (Å²) < 4.78 is 13.5. The van der Waals surface area contributed by atoms with Crippen molar-refractivity contribution in [3.8, 4) is 6.07 Å². The lowest BCUT2D eigenvalue weighted by Gasteiger charge is -2.02. The molecule has 0 radical (unpaired) electrons. The summed E-state index contributed by atoms with van der Waals surface area (Å²) >= 11 is 0. The molecule has 2 aromatic carbocycles. The fourth-order valence-electron chi connectivity index (χ4n) is 2.61. The summed E-state index contributed by atoms with van der Waals surface area (Å²) in [7, 11) is 0. The Morgan fingerprint density at radius 3 is 2.23 bits per heavy atom. The van der Waals surface area contributed by atoms with E-state index in [0.717, 1.165) is 12.0 Å². The van der Waals surface area contributed by atoms with Crippen LogP contribution >= 0.6 is 0 Å². The molecule has 4 heteroatoms. The molecule has 0 saturated heterocycles. The van der Waals surface area contributed by atoms with E-state index < -0.39 is 5.82 Å². The smallest absolute Gasteiger partial charge is 0.141 e. The predicted octanol–water partition coefficient (Wildman–Crippen LogP) is 5.66. The highest BCUT2D eigenvalue weighted by Crippen LogP contribution is 2.10. The van der Waals surface area contributed by atoms with E-state index in [-0.39, 0.29) is 5.56 Å². The second-order valence-corrected chi connectivity index (χ2v) is 6.25. The lowest BCUT2D eigenvalue weighted by molar-refractivity contribution is 0.623. The zero-order valence-corrected chi connectivity index (χ0v) is 15.2. The summed E-state index contributed by atoms with van der Waals surface area (Å²) in [5, 5.41) is 16.6. The molecule has 26 heavy (non-hydrogen) atoms. The molecule has 0 aromatic heterocycles. The molecule has 0 amide bonds. The van der Waals surface area contributed by atoms with Crippen molar-refractivity contribution in [1.29, 1.82) is 5.26 Å². The van der Waals surface area contributed by atoms with E-state index in [1.54, 1.807) is 18.4 Å². The Labute approximate surface area is 154 Å². The van der Waals surface area contributed by atoms with E-state index in [9.17, 15) is 4.39 Å². The maximum absolute atomic E-state index is 13.5. The highest BCUT2D eigenvalue weighted by Gasteiger charge is 2.00. The van der Waals surface area contributed by atoms with Gasteiger partial charge in [-0.25, -0.2) is 4.39 Å². The molecule has 0 N–H and O–H groups in total. The first-order valence-electron chi connectivity index (χ1n) is 9.08. The minimum absolute atomic E-state index is 0.0242. The van der Waals surface area contributed by atoms with Gasteiger partial charge in [0.05, 0.1) is 18.0 Å². The highest BCUT2D eigenvalue weighted by atomic mass is 19.1. The largest absolute Gasteiger partial charge is 0.206 e. The number of aryl methyl sites for hydroxylation is 1. The minimum Gasteiger partial charge on any atom is -0.206 e. The van der Waals surface area contributed by atoms with Gasteiger partial charge < -0.3 is 0 Å². The molecule has 0 bridgehead atoms. The molecule has 0 unspecified atom stereocenters. The van der Waals surface area contributed by atoms with Crippen molar-refractivity contribution >= 4 is 12.4 Å². The number of unbranched alkanes of at least 4 members (excludes halogenated alkanes) is 4. The Balaban J connectivity index is 1.82. The number of benzene rings is 2. The van der Waals surface area contributed by atoms with Crippen LogP contribution < -0.4 is 0 Å². The van der Waals surface area contributed by atoms with E-state index in [2.05, 4.69) is 29.3 Å². The fraction of sp³-hybridized carbons (Fsp3) is 0.318. The summed E-state index contributed by atoms with van der Waals surface area (Å²) in [5.41, 5.74) is 2.91. The SMILES string of the molecule is CCCCCCCc1ccc(/C=N/N=C/c2ccc(C#N)c(F)c2)cc1. The first-order chi connectivity index (χ1) is 12.7. The Kier molecular flexibility index (Phi) is 8.21. The van der Waals surface area contributed by atoms with Gasteiger partial charge >= 0.3 is 0 Å². The van der Waals surface area contributed by atoms with E-state index >= 15 is 0 Å². The van der Waals surface area contributed by atoms with E-state index in [1.807, 2.05) is 12.1 Å². The quantitative estimate of drug-likeness (QED) is 0.327. The lowest BCUT2D eigenvalue weighted by atomic mass is 10.0. The van der Waals surface area contributed by atoms with Gasteiger partial charge in [-0.3, -0.25) is 0 Å². The molecule has 0 spiro atoms. The number of halogens is 1. The second-order valence-electron chi connectivity index (χ2n) is 6.25. The molecule has 0 fully saturated rings. The maximum Gasteiger partial charge on any atom is 0.141 e. The zero-order valence-electron chi connectivity index (χ0n) is 15.2. The van der Waals surface area contributed by atoms with Crippen LogP contribution in [0.1, 0.15) is 61.3 Å². The van der Waals surface area contributed by atoms with Crippen LogP contribution in [0.4, 0.5) is 4.39 Å². The summed E-state index contributed by atoms with van der Waals surface area (Å²) in [6.45, 7) is 2.23. The summed E-state index contributed by atoms with van der Waals surface area (Å²) in [4.78, 5) is 0. The normalized spacial score (nSPS) is 11.3. The van der Waals surface area contributed by atoms with E-state index in [0.29, 0.717) is 5.56 Å². The molecule has 2 rings (SSSR count). The summed E-state index contributed by atoms with van der Waals surface area (Å²) in [6.07, 6.45) is 10.7. The predicted molar refractivity (Wildman–Crippen MR) is 105 cm³/mol. The van der Waals surface area contributed by atoms with Gasteiger partial charge in [-0.05, 0) is 41.7 Å². The molecule has 0 aliphatic carbocycles. The van der Waals surface area contributed by atoms with Gasteiger partial charge in [0.2, 0.25) is 0 Å². The topological polar surface area (TPSA) is 48.5 Å². The van der Waals surface area contributed by atoms with Gasteiger partial charge in [0, 0.05) is 0 Å². The third kappa shape index (κ3) is 6.60. The second kappa shape index (κ2) is 10.9. The van der Waals surface area contributed by atoms with Gasteiger partial charge in [-0.1, -0.05) is 62.9 Å². The van der Waals surface area contributed by atoms with Crippen molar-refractivity contribution in [2.24, 2.45) is 10.2 Å². The Morgan fingerprint density at radius 1 is 0.923 bits per heavy atom. The molecule has 2 aromatic rings. The number of nitrogens with zero attached hydrogens (tertiary/aromatic N) is 3. The lowest BCUT2D eigenvalue weighted by Crippen LogP contribution is -1.88. The summed E-state index contributed by atoms with van der Waals surface area (Å²) in [6, 6.07) is 14.4. The Morgan fingerprint density at radius 2 is 1.58 bits per heavy atom. The molecule has 3 nitrogen and oxygen atoms in total. The van der Waals surface area contributed by atoms with Crippen LogP contribution in [0, 0.1) is 17.1 Å². The fourth-order valence-corrected chi connectivity index (χ4v) is 2.61. The number of hydrogen-bond donors (Lipinski definition) is 0. The minimum atomic E-state index is -0.550. The molecular weight excluding hydrogens is 325 g/mol. The standard InChI is InChI=1S/C22H24FN3/c1-2-3-4-5-6-7-18-8-10-19(11-9-18)16-25-26-17-20-12-13-21(15-24)22(23)14-20/h8-14,16-17H,2-7H2,1H3/b25-16+,26-17+. The molecular formula is C22H24FN3. The van der Waals surface area contributed by atoms with Crippen molar-refractivity contribution in [3.05, 3.63) is 70.5 Å². The van der Waals surface area contributed by atoms with E-state index in [4.69, 9.17) is 5.26 Å². The molecule has 134 valence electrons. The highest BCUT2D eigenvalue weighted by molar-refractivity contribution is 5.82. The summed E-state index contributed by atoms with van der Waals surface area (Å²) in [5.74, 6) is -0.550. The number of hydrogen-bond acceptors (Lipinski definition) is 3. The Hall–Kier alpha value is -2.80. The van der Waals surface area contributed by atoms with Crippen molar-refractivity contribution in [2.75, 3.05) is 0 Å². The van der Waals surface area contributed by atoms with Crippen molar-refractivity contribution in [3.63, 3.8) is 0 Å². The van der Waals surface area contributed by atoms with Crippen LogP contribution in [0.3, 0.4) is 0 Å². The average molecular weight is 349 g/mol. The van der Waals surface area contributed by atoms with Gasteiger partial charge in [0.1, 0.15) is 11.9 Å². The van der Waals surface area contributed by atoms with Crippen LogP contribution in [-0.4, -0.2) is 12.4 Å². The number of nitriles is 1. The van der Waals surface area contributed by atoms with Gasteiger partial charge in [0.15, 0.2) is 0 Å².